The monoisotopic (exact) mass is 338 g/mol. The molecule has 6 rings (SSSR count). The lowest BCUT2D eigenvalue weighted by Gasteiger charge is -2.02. The summed E-state index contributed by atoms with van der Waals surface area (Å²) in [4.78, 5) is 9.29. The molecule has 1 aliphatic rings. The van der Waals surface area contributed by atoms with Crippen molar-refractivity contribution in [3.8, 4) is 17.1 Å². The summed E-state index contributed by atoms with van der Waals surface area (Å²) in [6.45, 7) is 0.784. The molecule has 4 aromatic heterocycles. The molecule has 0 saturated heterocycles. The number of nitrogens with zero attached hydrogens (tertiary/aromatic N) is 5. The smallest absolute Gasteiger partial charge is 0.257 e. The summed E-state index contributed by atoms with van der Waals surface area (Å²) < 4.78 is 6.91. The highest BCUT2D eigenvalue weighted by molar-refractivity contribution is 6.04. The molecular weight excluding hydrogens is 322 g/mol. The maximum atomic E-state index is 4.70. The highest BCUT2D eigenvalue weighted by Crippen LogP contribution is 2.35. The van der Waals surface area contributed by atoms with Crippen molar-refractivity contribution in [2.24, 2.45) is 7.05 Å². The van der Waals surface area contributed by atoms with E-state index in [1.54, 1.807) is 0 Å². The Kier molecular flexibility index (Phi) is 2.54. The average Bonchev–Trinajstić information content (AvgIpc) is 3.31. The fourth-order valence-electron chi connectivity index (χ4n) is 4.27. The van der Waals surface area contributed by atoms with Crippen LogP contribution < -0.4 is 4.57 Å². The van der Waals surface area contributed by atoms with Crippen LogP contribution in [-0.2, 0) is 13.6 Å². The topological polar surface area (TPSA) is 39.5 Å². The largest absolute Gasteiger partial charge is 0.276 e. The molecule has 5 nitrogen and oxygen atoms in total. The molecule has 0 atom stereocenters. The van der Waals surface area contributed by atoms with Gasteiger partial charge in [-0.2, -0.15) is 0 Å². The quantitative estimate of drug-likeness (QED) is 0.432. The fraction of sp³-hybridized carbons (Fsp3) is 0.0952. The molecule has 0 N–H and O–H groups in total. The molecular formula is C21H16N5+. The maximum Gasteiger partial charge on any atom is 0.276 e. The standard InChI is InChI=1S/C21H16N5/c1-24-18-16-10-6-12-23-19(16)26(14-7-3-2-4-8-14)21(18)25-13-17-15(20(24)25)9-5-11-22-17/h2-12H,13H2,1H3/q+1. The number of aryl methyl sites for hydroxylation is 1. The Bertz CT molecular complexity index is 1310. The van der Waals surface area contributed by atoms with Gasteiger partial charge in [0.25, 0.3) is 5.65 Å². The van der Waals surface area contributed by atoms with Crippen molar-refractivity contribution in [2.75, 3.05) is 0 Å². The number of hydrogen-bond acceptors (Lipinski definition) is 2. The number of fused-ring (bicyclic) bond motifs is 7. The maximum absolute atomic E-state index is 4.70. The lowest BCUT2D eigenvalue weighted by Crippen LogP contribution is -2.33. The first-order valence-electron chi connectivity index (χ1n) is 8.72. The second kappa shape index (κ2) is 4.79. The number of para-hydroxylation sites is 1. The molecule has 1 aromatic carbocycles. The summed E-state index contributed by atoms with van der Waals surface area (Å²) in [6, 6.07) is 18.8. The Morgan fingerprint density at radius 3 is 2.62 bits per heavy atom. The predicted molar refractivity (Wildman–Crippen MR) is 100 cm³/mol. The van der Waals surface area contributed by atoms with E-state index in [2.05, 4.69) is 62.1 Å². The minimum Gasteiger partial charge on any atom is -0.257 e. The third-order valence-electron chi connectivity index (χ3n) is 5.30. The highest BCUT2D eigenvalue weighted by Gasteiger charge is 2.36. The van der Waals surface area contributed by atoms with Crippen molar-refractivity contribution in [1.82, 2.24) is 19.1 Å². The Morgan fingerprint density at radius 2 is 1.73 bits per heavy atom. The van der Waals surface area contributed by atoms with Crippen molar-refractivity contribution < 1.29 is 4.57 Å². The van der Waals surface area contributed by atoms with Gasteiger partial charge in [0.15, 0.2) is 5.52 Å². The Morgan fingerprint density at radius 1 is 0.923 bits per heavy atom. The zero-order valence-electron chi connectivity index (χ0n) is 14.3. The molecule has 0 bridgehead atoms. The van der Waals surface area contributed by atoms with Crippen LogP contribution in [0.5, 0.6) is 0 Å². The van der Waals surface area contributed by atoms with E-state index in [9.17, 15) is 0 Å². The molecule has 5 heteroatoms. The summed E-state index contributed by atoms with van der Waals surface area (Å²) in [7, 11) is 2.14. The summed E-state index contributed by atoms with van der Waals surface area (Å²) in [5.41, 5.74) is 6.82. The van der Waals surface area contributed by atoms with Gasteiger partial charge in [0.2, 0.25) is 11.5 Å². The molecule has 0 aliphatic carbocycles. The van der Waals surface area contributed by atoms with Gasteiger partial charge in [0, 0.05) is 12.4 Å². The average molecular weight is 338 g/mol. The van der Waals surface area contributed by atoms with Gasteiger partial charge in [-0.15, -0.1) is 0 Å². The summed E-state index contributed by atoms with van der Waals surface area (Å²) in [5, 5.41) is 1.17. The van der Waals surface area contributed by atoms with Crippen LogP contribution in [0.25, 0.3) is 39.3 Å². The van der Waals surface area contributed by atoms with Crippen LogP contribution in [0.15, 0.2) is 67.0 Å². The van der Waals surface area contributed by atoms with Crippen LogP contribution >= 0.6 is 0 Å². The van der Waals surface area contributed by atoms with Crippen LogP contribution in [-0.4, -0.2) is 19.1 Å². The third kappa shape index (κ3) is 1.57. The fourth-order valence-corrected chi connectivity index (χ4v) is 4.27. The minimum atomic E-state index is 0.784. The zero-order chi connectivity index (χ0) is 17.3. The van der Waals surface area contributed by atoms with Crippen LogP contribution in [0.3, 0.4) is 0 Å². The van der Waals surface area contributed by atoms with Gasteiger partial charge in [0.1, 0.15) is 12.2 Å². The number of hydrogen-bond donors (Lipinski definition) is 0. The van der Waals surface area contributed by atoms with E-state index < -0.39 is 0 Å². The van der Waals surface area contributed by atoms with E-state index in [4.69, 9.17) is 4.98 Å². The summed E-state index contributed by atoms with van der Waals surface area (Å²) >= 11 is 0. The number of rotatable bonds is 1. The Labute approximate surface area is 149 Å². The Hall–Kier alpha value is -3.47. The molecule has 5 aromatic rings. The second-order valence-electron chi connectivity index (χ2n) is 6.68. The van der Waals surface area contributed by atoms with E-state index in [-0.39, 0.29) is 0 Å². The van der Waals surface area contributed by atoms with E-state index >= 15 is 0 Å². The lowest BCUT2D eigenvalue weighted by atomic mass is 10.2. The van der Waals surface area contributed by atoms with Crippen molar-refractivity contribution >= 4 is 22.2 Å². The van der Waals surface area contributed by atoms with Crippen molar-refractivity contribution in [3.05, 3.63) is 72.7 Å². The van der Waals surface area contributed by atoms with Gasteiger partial charge in [0.05, 0.1) is 23.7 Å². The van der Waals surface area contributed by atoms with Crippen molar-refractivity contribution in [3.63, 3.8) is 0 Å². The minimum absolute atomic E-state index is 0.784. The third-order valence-corrected chi connectivity index (χ3v) is 5.30. The predicted octanol–water partition coefficient (Wildman–Crippen LogP) is 3.23. The van der Waals surface area contributed by atoms with Crippen LogP contribution in [0.1, 0.15) is 5.69 Å². The molecule has 0 radical (unpaired) electrons. The molecule has 1 aliphatic heterocycles. The Balaban J connectivity index is 1.83. The van der Waals surface area contributed by atoms with Gasteiger partial charge in [-0.3, -0.25) is 9.55 Å². The zero-order valence-corrected chi connectivity index (χ0v) is 14.3. The van der Waals surface area contributed by atoms with Crippen LogP contribution in [0.2, 0.25) is 0 Å². The first-order valence-corrected chi connectivity index (χ1v) is 8.72. The van der Waals surface area contributed by atoms with E-state index in [0.29, 0.717) is 0 Å². The molecule has 0 saturated carbocycles. The molecule has 0 fully saturated rings. The van der Waals surface area contributed by atoms with Gasteiger partial charge < -0.3 is 0 Å². The molecule has 124 valence electrons. The molecule has 5 heterocycles. The van der Waals surface area contributed by atoms with E-state index in [1.807, 2.05) is 30.6 Å². The van der Waals surface area contributed by atoms with Crippen LogP contribution in [0.4, 0.5) is 0 Å². The van der Waals surface area contributed by atoms with Gasteiger partial charge in [-0.25, -0.2) is 14.1 Å². The van der Waals surface area contributed by atoms with Crippen molar-refractivity contribution in [2.45, 2.75) is 6.54 Å². The molecule has 26 heavy (non-hydrogen) atoms. The van der Waals surface area contributed by atoms with Gasteiger partial charge >= 0.3 is 0 Å². The van der Waals surface area contributed by atoms with Crippen molar-refractivity contribution in [1.29, 1.82) is 0 Å². The molecule has 0 unspecified atom stereocenters. The molecule has 0 amide bonds. The lowest BCUT2D eigenvalue weighted by molar-refractivity contribution is -0.648. The van der Waals surface area contributed by atoms with E-state index in [1.165, 1.54) is 27.9 Å². The molecule has 0 spiro atoms. The number of imidazole rings is 1. The van der Waals surface area contributed by atoms with Crippen LogP contribution in [0, 0.1) is 0 Å². The normalized spacial score (nSPS) is 12.7. The highest BCUT2D eigenvalue weighted by atomic mass is 15.3. The van der Waals surface area contributed by atoms with E-state index in [0.717, 1.165) is 23.6 Å². The first kappa shape index (κ1) is 13.8. The SMILES string of the molecule is Cn1c2[n+](c3c1c1cccnc1n3-c1ccccc1)Cc1ncccc1-2. The van der Waals surface area contributed by atoms with Gasteiger partial charge in [-0.1, -0.05) is 18.2 Å². The first-order chi connectivity index (χ1) is 12.8. The summed E-state index contributed by atoms with van der Waals surface area (Å²) in [6.07, 6.45) is 3.73. The van der Waals surface area contributed by atoms with Gasteiger partial charge in [-0.05, 0) is 36.4 Å². The number of aromatic nitrogens is 5. The summed E-state index contributed by atoms with van der Waals surface area (Å²) in [5.74, 6) is 1.20. The number of benzene rings is 1. The second-order valence-corrected chi connectivity index (χ2v) is 6.68. The number of pyridine rings is 2.